The smallest absolute Gasteiger partial charge is 0.317 e. The van der Waals surface area contributed by atoms with E-state index in [9.17, 15) is 9.59 Å². The number of rotatable bonds is 5. The number of nitrogens with zero attached hydrogens (tertiary/aromatic N) is 1. The van der Waals surface area contributed by atoms with Gasteiger partial charge in [-0.15, -0.1) is 0 Å². The summed E-state index contributed by atoms with van der Waals surface area (Å²) in [5.74, 6) is 0.105. The first-order chi connectivity index (χ1) is 11.3. The molecule has 1 aromatic rings. The van der Waals surface area contributed by atoms with E-state index in [-0.39, 0.29) is 18.0 Å². The Balaban J connectivity index is 1.92. The van der Waals surface area contributed by atoms with E-state index >= 15 is 0 Å². The van der Waals surface area contributed by atoms with Crippen molar-refractivity contribution < 1.29 is 9.59 Å². The molecule has 0 radical (unpaired) electrons. The molecular weight excluding hydrogens is 302 g/mol. The largest absolute Gasteiger partial charge is 0.370 e. The molecule has 132 valence electrons. The number of nitrogens with two attached hydrogens (primary N) is 1. The van der Waals surface area contributed by atoms with E-state index in [1.807, 2.05) is 11.8 Å². The van der Waals surface area contributed by atoms with Crippen molar-refractivity contribution in [1.29, 1.82) is 0 Å². The molecule has 3 amide bonds. The second-order valence-electron chi connectivity index (χ2n) is 7.05. The number of benzene rings is 1. The Bertz CT molecular complexity index is 580. The van der Waals surface area contributed by atoms with Gasteiger partial charge in [0.05, 0.1) is 6.04 Å². The van der Waals surface area contributed by atoms with Crippen molar-refractivity contribution in [3.8, 4) is 0 Å². The number of aryl methyl sites for hydroxylation is 2. The molecule has 0 bridgehead atoms. The lowest BCUT2D eigenvalue weighted by atomic mass is 9.93. The molecule has 3 N–H and O–H groups in total. The number of hydrogen-bond donors (Lipinski definition) is 2. The molecule has 5 nitrogen and oxygen atoms in total. The first-order valence-corrected chi connectivity index (χ1v) is 8.77. The van der Waals surface area contributed by atoms with Crippen molar-refractivity contribution in [3.05, 3.63) is 34.9 Å². The highest BCUT2D eigenvalue weighted by molar-refractivity contribution is 5.75. The van der Waals surface area contributed by atoms with Gasteiger partial charge in [0.1, 0.15) is 0 Å². The van der Waals surface area contributed by atoms with Crippen LogP contribution in [-0.4, -0.2) is 29.9 Å². The second-order valence-corrected chi connectivity index (χ2v) is 7.05. The summed E-state index contributed by atoms with van der Waals surface area (Å²) in [7, 11) is 0. The van der Waals surface area contributed by atoms with Gasteiger partial charge in [0.25, 0.3) is 0 Å². The fraction of sp³-hybridized carbons (Fsp3) is 0.579. The SMILES string of the molecule is Cc1cc(C)cc([C@@H](C)NC(=O)N2CCC[C@H](CCC(N)=O)C2)c1. The van der Waals surface area contributed by atoms with Gasteiger partial charge in [0, 0.05) is 19.5 Å². The molecule has 1 aliphatic heterocycles. The number of primary amides is 1. The van der Waals surface area contributed by atoms with E-state index in [2.05, 4.69) is 37.4 Å². The molecule has 24 heavy (non-hydrogen) atoms. The quantitative estimate of drug-likeness (QED) is 0.870. The van der Waals surface area contributed by atoms with Gasteiger partial charge in [0.15, 0.2) is 0 Å². The maximum absolute atomic E-state index is 12.6. The summed E-state index contributed by atoms with van der Waals surface area (Å²) < 4.78 is 0. The summed E-state index contributed by atoms with van der Waals surface area (Å²) in [6.45, 7) is 7.63. The van der Waals surface area contributed by atoms with Crippen LogP contribution in [0, 0.1) is 19.8 Å². The molecule has 1 saturated heterocycles. The molecule has 1 aromatic carbocycles. The molecule has 0 aromatic heterocycles. The highest BCUT2D eigenvalue weighted by Crippen LogP contribution is 2.22. The average molecular weight is 331 g/mol. The van der Waals surface area contributed by atoms with Crippen LogP contribution in [0.3, 0.4) is 0 Å². The number of piperidine rings is 1. The minimum Gasteiger partial charge on any atom is -0.370 e. The van der Waals surface area contributed by atoms with Crippen molar-refractivity contribution in [2.24, 2.45) is 11.7 Å². The number of carbonyl (C=O) groups is 2. The standard InChI is InChI=1S/C19H29N3O2/c1-13-9-14(2)11-17(10-13)15(3)21-19(24)22-8-4-5-16(12-22)6-7-18(20)23/h9-11,15-16H,4-8,12H2,1-3H3,(H2,20,23)(H,21,24)/t15-,16-/m1/s1. The minimum absolute atomic E-state index is 0.0227. The van der Waals surface area contributed by atoms with E-state index in [1.54, 1.807) is 0 Å². The van der Waals surface area contributed by atoms with Gasteiger partial charge >= 0.3 is 6.03 Å². The Morgan fingerprint density at radius 2 is 1.96 bits per heavy atom. The summed E-state index contributed by atoms with van der Waals surface area (Å²) in [6, 6.07) is 6.31. The maximum atomic E-state index is 12.6. The molecule has 0 aliphatic carbocycles. The predicted molar refractivity (Wildman–Crippen MR) is 95.6 cm³/mol. The van der Waals surface area contributed by atoms with Crippen LogP contribution in [0.25, 0.3) is 0 Å². The molecule has 2 atom stereocenters. The summed E-state index contributed by atoms with van der Waals surface area (Å²) in [6.07, 6.45) is 3.21. The van der Waals surface area contributed by atoms with Gasteiger partial charge in [-0.3, -0.25) is 4.79 Å². The molecule has 1 heterocycles. The molecule has 0 unspecified atom stereocenters. The first kappa shape index (κ1) is 18.3. The van der Waals surface area contributed by atoms with Crippen molar-refractivity contribution >= 4 is 11.9 Å². The van der Waals surface area contributed by atoms with Crippen LogP contribution in [0.1, 0.15) is 55.3 Å². The van der Waals surface area contributed by atoms with Crippen LogP contribution in [-0.2, 0) is 4.79 Å². The number of hydrogen-bond acceptors (Lipinski definition) is 2. The van der Waals surface area contributed by atoms with Crippen LogP contribution in [0.15, 0.2) is 18.2 Å². The Morgan fingerprint density at radius 1 is 1.29 bits per heavy atom. The van der Waals surface area contributed by atoms with Crippen molar-refractivity contribution in [3.63, 3.8) is 0 Å². The van der Waals surface area contributed by atoms with Crippen molar-refractivity contribution in [1.82, 2.24) is 10.2 Å². The highest BCUT2D eigenvalue weighted by Gasteiger charge is 2.24. The molecule has 1 aliphatic rings. The minimum atomic E-state index is -0.264. The van der Waals surface area contributed by atoms with E-state index in [1.165, 1.54) is 11.1 Å². The van der Waals surface area contributed by atoms with Gasteiger partial charge in [-0.25, -0.2) is 4.79 Å². The van der Waals surface area contributed by atoms with Gasteiger partial charge in [-0.2, -0.15) is 0 Å². The van der Waals surface area contributed by atoms with Crippen molar-refractivity contribution in [2.45, 2.75) is 52.5 Å². The Hall–Kier alpha value is -2.04. The number of amides is 3. The van der Waals surface area contributed by atoms with Gasteiger partial charge in [-0.1, -0.05) is 29.3 Å². The molecule has 5 heteroatoms. The number of urea groups is 1. The normalized spacial score (nSPS) is 19.0. The highest BCUT2D eigenvalue weighted by atomic mass is 16.2. The van der Waals surface area contributed by atoms with Gasteiger partial charge < -0.3 is 16.0 Å². The molecule has 1 fully saturated rings. The van der Waals surface area contributed by atoms with Gasteiger partial charge in [0.2, 0.25) is 5.91 Å². The maximum Gasteiger partial charge on any atom is 0.317 e. The zero-order valence-corrected chi connectivity index (χ0v) is 15.0. The van der Waals surface area contributed by atoms with Crippen molar-refractivity contribution in [2.75, 3.05) is 13.1 Å². The zero-order valence-electron chi connectivity index (χ0n) is 15.0. The van der Waals surface area contributed by atoms with Crippen LogP contribution in [0.4, 0.5) is 4.79 Å². The second kappa shape index (κ2) is 8.18. The number of likely N-dealkylation sites (tertiary alicyclic amines) is 1. The molecule has 2 rings (SSSR count). The molecule has 0 saturated carbocycles. The van der Waals surface area contributed by atoms with Crippen LogP contribution < -0.4 is 11.1 Å². The topological polar surface area (TPSA) is 75.4 Å². The number of nitrogens with one attached hydrogen (secondary N) is 1. The van der Waals surface area contributed by atoms with E-state index < -0.39 is 0 Å². The monoisotopic (exact) mass is 331 g/mol. The molecular formula is C19H29N3O2. The lowest BCUT2D eigenvalue weighted by Crippen LogP contribution is -2.46. The third kappa shape index (κ3) is 5.25. The van der Waals surface area contributed by atoms with E-state index in [4.69, 9.17) is 5.73 Å². The Labute approximate surface area is 144 Å². The lowest BCUT2D eigenvalue weighted by molar-refractivity contribution is -0.118. The van der Waals surface area contributed by atoms with Crippen LogP contribution >= 0.6 is 0 Å². The Morgan fingerprint density at radius 3 is 2.58 bits per heavy atom. The summed E-state index contributed by atoms with van der Waals surface area (Å²) in [5, 5.41) is 3.10. The van der Waals surface area contributed by atoms with Gasteiger partial charge in [-0.05, 0) is 51.5 Å². The fourth-order valence-electron chi connectivity index (χ4n) is 3.45. The molecule has 0 spiro atoms. The summed E-state index contributed by atoms with van der Waals surface area (Å²) in [4.78, 5) is 25.4. The third-order valence-corrected chi connectivity index (χ3v) is 4.69. The Kier molecular flexibility index (Phi) is 6.23. The third-order valence-electron chi connectivity index (χ3n) is 4.69. The fourth-order valence-corrected chi connectivity index (χ4v) is 3.45. The number of carbonyl (C=O) groups excluding carboxylic acids is 2. The van der Waals surface area contributed by atoms with E-state index in [0.29, 0.717) is 18.9 Å². The van der Waals surface area contributed by atoms with Crippen LogP contribution in [0.5, 0.6) is 0 Å². The van der Waals surface area contributed by atoms with Crippen LogP contribution in [0.2, 0.25) is 0 Å². The zero-order chi connectivity index (χ0) is 17.7. The first-order valence-electron chi connectivity index (χ1n) is 8.77. The summed E-state index contributed by atoms with van der Waals surface area (Å²) in [5.41, 5.74) is 8.76. The lowest BCUT2D eigenvalue weighted by Gasteiger charge is -2.33. The average Bonchev–Trinajstić information content (AvgIpc) is 2.52. The predicted octanol–water partition coefficient (Wildman–Crippen LogP) is 3.05. The summed E-state index contributed by atoms with van der Waals surface area (Å²) >= 11 is 0. The van der Waals surface area contributed by atoms with E-state index in [0.717, 1.165) is 31.4 Å².